The SMILES string of the molecule is CC(C(=O)O)c1ccc([N+](=O)[O-])cc1[N+](=O)[O-]. The molecule has 0 bridgehead atoms. The number of carbonyl (C=O) groups is 1. The number of carboxylic acid groups (broad SMARTS) is 1. The summed E-state index contributed by atoms with van der Waals surface area (Å²) in [5.74, 6) is -2.34. The van der Waals surface area contributed by atoms with E-state index in [0.29, 0.717) is 0 Å². The van der Waals surface area contributed by atoms with Gasteiger partial charge in [-0.2, -0.15) is 0 Å². The van der Waals surface area contributed by atoms with Gasteiger partial charge in [-0.15, -0.1) is 0 Å². The molecule has 90 valence electrons. The van der Waals surface area contributed by atoms with Crippen LogP contribution in [0.1, 0.15) is 18.4 Å². The molecule has 1 atom stereocenters. The van der Waals surface area contributed by atoms with Gasteiger partial charge in [0.05, 0.1) is 21.8 Å². The molecule has 1 aromatic carbocycles. The Kier molecular flexibility index (Phi) is 3.37. The molecule has 0 saturated carbocycles. The average Bonchev–Trinajstić information content (AvgIpc) is 2.26. The quantitative estimate of drug-likeness (QED) is 0.630. The van der Waals surface area contributed by atoms with Gasteiger partial charge in [-0.3, -0.25) is 25.0 Å². The minimum atomic E-state index is -1.23. The molecule has 0 fully saturated rings. The predicted molar refractivity (Wildman–Crippen MR) is 55.8 cm³/mol. The van der Waals surface area contributed by atoms with Gasteiger partial charge in [0, 0.05) is 11.6 Å². The Hall–Kier alpha value is -2.51. The summed E-state index contributed by atoms with van der Waals surface area (Å²) in [4.78, 5) is 30.3. The number of hydrogen-bond donors (Lipinski definition) is 1. The molecular formula is C9H8N2O6. The van der Waals surface area contributed by atoms with Crippen LogP contribution in [-0.4, -0.2) is 20.9 Å². The first kappa shape index (κ1) is 12.6. The summed E-state index contributed by atoms with van der Waals surface area (Å²) in [6.45, 7) is 1.27. The third-order valence-corrected chi connectivity index (χ3v) is 2.26. The number of rotatable bonds is 4. The van der Waals surface area contributed by atoms with Crippen molar-refractivity contribution in [2.45, 2.75) is 12.8 Å². The number of aliphatic carboxylic acids is 1. The Morgan fingerprint density at radius 2 is 1.88 bits per heavy atom. The van der Waals surface area contributed by atoms with Gasteiger partial charge in [-0.25, -0.2) is 0 Å². The topological polar surface area (TPSA) is 124 Å². The number of benzene rings is 1. The molecule has 1 aromatic rings. The van der Waals surface area contributed by atoms with Gasteiger partial charge in [0.25, 0.3) is 11.4 Å². The highest BCUT2D eigenvalue weighted by molar-refractivity contribution is 5.77. The van der Waals surface area contributed by atoms with E-state index in [2.05, 4.69) is 0 Å². The van der Waals surface area contributed by atoms with Gasteiger partial charge in [-0.05, 0) is 13.0 Å². The molecule has 17 heavy (non-hydrogen) atoms. The zero-order chi connectivity index (χ0) is 13.2. The molecule has 8 nitrogen and oxygen atoms in total. The summed E-state index contributed by atoms with van der Waals surface area (Å²) >= 11 is 0. The fraction of sp³-hybridized carbons (Fsp3) is 0.222. The van der Waals surface area contributed by atoms with Gasteiger partial charge >= 0.3 is 5.97 Å². The van der Waals surface area contributed by atoms with E-state index in [1.54, 1.807) is 0 Å². The van der Waals surface area contributed by atoms with Crippen LogP contribution in [0.2, 0.25) is 0 Å². The Morgan fingerprint density at radius 1 is 1.29 bits per heavy atom. The highest BCUT2D eigenvalue weighted by Crippen LogP contribution is 2.30. The fourth-order valence-electron chi connectivity index (χ4n) is 1.30. The van der Waals surface area contributed by atoms with Crippen LogP contribution in [0.3, 0.4) is 0 Å². The summed E-state index contributed by atoms with van der Waals surface area (Å²) in [7, 11) is 0. The maximum atomic E-state index is 10.7. The summed E-state index contributed by atoms with van der Waals surface area (Å²) in [5, 5.41) is 29.9. The lowest BCUT2D eigenvalue weighted by Crippen LogP contribution is -2.10. The number of nitrogens with zero attached hydrogens (tertiary/aromatic N) is 2. The zero-order valence-electron chi connectivity index (χ0n) is 8.69. The van der Waals surface area contributed by atoms with Crippen LogP contribution >= 0.6 is 0 Å². The summed E-state index contributed by atoms with van der Waals surface area (Å²) < 4.78 is 0. The maximum Gasteiger partial charge on any atom is 0.310 e. The smallest absolute Gasteiger partial charge is 0.310 e. The summed E-state index contributed by atoms with van der Waals surface area (Å²) in [5.41, 5.74) is -1.07. The number of nitro groups is 2. The first-order chi connectivity index (χ1) is 7.84. The molecule has 0 radical (unpaired) electrons. The van der Waals surface area contributed by atoms with Gasteiger partial charge in [0.1, 0.15) is 0 Å². The summed E-state index contributed by atoms with van der Waals surface area (Å²) in [6, 6.07) is 2.89. The number of non-ortho nitro benzene ring substituents is 1. The lowest BCUT2D eigenvalue weighted by Gasteiger charge is -2.06. The molecule has 0 aromatic heterocycles. The maximum absolute atomic E-state index is 10.7. The van der Waals surface area contributed by atoms with Crippen molar-refractivity contribution in [1.82, 2.24) is 0 Å². The molecule has 0 aliphatic heterocycles. The fourth-order valence-corrected chi connectivity index (χ4v) is 1.30. The first-order valence-corrected chi connectivity index (χ1v) is 4.50. The van der Waals surface area contributed by atoms with Crippen molar-refractivity contribution in [2.24, 2.45) is 0 Å². The van der Waals surface area contributed by atoms with Crippen LogP contribution < -0.4 is 0 Å². The Bertz CT molecular complexity index is 498. The van der Waals surface area contributed by atoms with E-state index in [1.807, 2.05) is 0 Å². The van der Waals surface area contributed by atoms with Crippen molar-refractivity contribution >= 4 is 17.3 Å². The Balaban J connectivity index is 3.37. The van der Waals surface area contributed by atoms with E-state index in [0.717, 1.165) is 18.2 Å². The van der Waals surface area contributed by atoms with Gasteiger partial charge < -0.3 is 5.11 Å². The molecule has 0 spiro atoms. The zero-order valence-corrected chi connectivity index (χ0v) is 8.69. The Morgan fingerprint density at radius 3 is 2.29 bits per heavy atom. The molecular weight excluding hydrogens is 232 g/mol. The minimum absolute atomic E-state index is 0.0619. The molecule has 0 aliphatic rings. The molecule has 8 heteroatoms. The van der Waals surface area contributed by atoms with E-state index < -0.39 is 33.1 Å². The summed E-state index contributed by atoms with van der Waals surface area (Å²) in [6.07, 6.45) is 0. The van der Waals surface area contributed by atoms with Crippen LogP contribution in [-0.2, 0) is 4.79 Å². The highest BCUT2D eigenvalue weighted by atomic mass is 16.6. The second-order valence-corrected chi connectivity index (χ2v) is 3.32. The van der Waals surface area contributed by atoms with Crippen molar-refractivity contribution in [3.63, 3.8) is 0 Å². The van der Waals surface area contributed by atoms with Crippen LogP contribution in [0.5, 0.6) is 0 Å². The van der Waals surface area contributed by atoms with Gasteiger partial charge in [-0.1, -0.05) is 0 Å². The number of hydrogen-bond acceptors (Lipinski definition) is 5. The van der Waals surface area contributed by atoms with E-state index in [9.17, 15) is 25.0 Å². The van der Waals surface area contributed by atoms with Crippen molar-refractivity contribution in [2.75, 3.05) is 0 Å². The van der Waals surface area contributed by atoms with Crippen molar-refractivity contribution in [3.05, 3.63) is 44.0 Å². The molecule has 0 saturated heterocycles. The molecule has 0 heterocycles. The van der Waals surface area contributed by atoms with Crippen molar-refractivity contribution in [3.8, 4) is 0 Å². The standard InChI is InChI=1S/C9H8N2O6/c1-5(9(12)13)7-3-2-6(10(14)15)4-8(7)11(16)17/h2-5H,1H3,(H,12,13). The van der Waals surface area contributed by atoms with Crippen LogP contribution in [0.4, 0.5) is 11.4 Å². The number of nitro benzene ring substituents is 2. The monoisotopic (exact) mass is 240 g/mol. The minimum Gasteiger partial charge on any atom is -0.481 e. The largest absolute Gasteiger partial charge is 0.481 e. The van der Waals surface area contributed by atoms with E-state index in [4.69, 9.17) is 5.11 Å². The van der Waals surface area contributed by atoms with E-state index >= 15 is 0 Å². The second-order valence-electron chi connectivity index (χ2n) is 3.32. The molecule has 0 amide bonds. The number of carboxylic acids is 1. The van der Waals surface area contributed by atoms with Crippen LogP contribution in [0.15, 0.2) is 18.2 Å². The normalized spacial score (nSPS) is 11.8. The lowest BCUT2D eigenvalue weighted by atomic mass is 9.99. The molecule has 1 unspecified atom stereocenters. The highest BCUT2D eigenvalue weighted by Gasteiger charge is 2.26. The third-order valence-electron chi connectivity index (χ3n) is 2.26. The Labute approximate surface area is 94.8 Å². The average molecular weight is 240 g/mol. The van der Waals surface area contributed by atoms with E-state index in [1.165, 1.54) is 6.92 Å². The first-order valence-electron chi connectivity index (χ1n) is 4.50. The van der Waals surface area contributed by atoms with Crippen molar-refractivity contribution in [1.29, 1.82) is 0 Å². The molecule has 0 aliphatic carbocycles. The molecule has 1 N–H and O–H groups in total. The van der Waals surface area contributed by atoms with Crippen molar-refractivity contribution < 1.29 is 19.7 Å². The van der Waals surface area contributed by atoms with Crippen LogP contribution in [0.25, 0.3) is 0 Å². The van der Waals surface area contributed by atoms with E-state index in [-0.39, 0.29) is 5.56 Å². The third kappa shape index (κ3) is 2.54. The lowest BCUT2D eigenvalue weighted by molar-refractivity contribution is -0.394. The van der Waals surface area contributed by atoms with Crippen LogP contribution in [0, 0.1) is 20.2 Å². The van der Waals surface area contributed by atoms with Gasteiger partial charge in [0.15, 0.2) is 0 Å². The predicted octanol–water partition coefficient (Wildman–Crippen LogP) is 1.69. The second kappa shape index (κ2) is 4.56. The van der Waals surface area contributed by atoms with Gasteiger partial charge in [0.2, 0.25) is 0 Å². The molecule has 1 rings (SSSR count).